The topological polar surface area (TPSA) is 88.6 Å². The van der Waals surface area contributed by atoms with Gasteiger partial charge in [0.1, 0.15) is 23.1 Å². The van der Waals surface area contributed by atoms with Gasteiger partial charge in [0.2, 0.25) is 0 Å². The summed E-state index contributed by atoms with van der Waals surface area (Å²) in [6.45, 7) is 18.9. The molecule has 0 spiro atoms. The van der Waals surface area contributed by atoms with Crippen LogP contribution in [0.1, 0.15) is 51.6 Å². The second-order valence-corrected chi connectivity index (χ2v) is 8.03. The van der Waals surface area contributed by atoms with E-state index in [4.69, 9.17) is 9.47 Å². The number of nitriles is 1. The maximum absolute atomic E-state index is 12.6. The Balaban J connectivity index is 2.91. The van der Waals surface area contributed by atoms with Gasteiger partial charge < -0.3 is 13.9 Å². The molecule has 2 aromatic heterocycles. The molecule has 0 atom stereocenters. The third-order valence-corrected chi connectivity index (χ3v) is 4.40. The number of carbonyl (C=O) groups excluding carboxylic acids is 1. The molecule has 0 radical (unpaired) electrons. The van der Waals surface area contributed by atoms with Gasteiger partial charge in [-0.15, -0.1) is 0 Å². The van der Waals surface area contributed by atoms with Crippen LogP contribution in [0.2, 0.25) is 0 Å². The molecule has 158 valence electrons. The molecular weight excluding hydrogens is 380 g/mol. The minimum absolute atomic E-state index is 0.255. The van der Waals surface area contributed by atoms with E-state index in [1.165, 1.54) is 7.11 Å². The van der Waals surface area contributed by atoms with E-state index < -0.39 is 11.7 Å². The lowest BCUT2D eigenvalue weighted by atomic mass is 9.93. The summed E-state index contributed by atoms with van der Waals surface area (Å²) in [6.07, 6.45) is 2.75. The van der Waals surface area contributed by atoms with Gasteiger partial charge in [0, 0.05) is 11.8 Å². The van der Waals surface area contributed by atoms with Gasteiger partial charge >= 0.3 is 6.09 Å². The Kier molecular flexibility index (Phi) is 6.41. The van der Waals surface area contributed by atoms with E-state index in [9.17, 15) is 10.1 Å². The second-order valence-electron chi connectivity index (χ2n) is 8.03. The number of nitrogens with zero attached hydrogens (tertiary/aromatic N) is 3. The lowest BCUT2D eigenvalue weighted by Gasteiger charge is -2.20. The molecule has 0 bridgehead atoms. The first-order valence-electron chi connectivity index (χ1n) is 9.42. The van der Waals surface area contributed by atoms with Gasteiger partial charge in [-0.3, -0.25) is 10.3 Å². The van der Waals surface area contributed by atoms with Gasteiger partial charge in [-0.1, -0.05) is 13.2 Å². The standard InChI is InChI=1S/C23H28N4O3/c1-13(2)19(15(4)16(5)29-9)20-18-11-25-14(3)12-27(18)17(10-24)21(20)26-22(28)30-23(6,7)8/h11-12H,1,5H2,2-4,6-9H3,(H,26,28)/b19-15+. The van der Waals surface area contributed by atoms with Crippen LogP contribution < -0.4 is 5.32 Å². The largest absolute Gasteiger partial charge is 0.497 e. The lowest BCUT2D eigenvalue weighted by molar-refractivity contribution is 0.0636. The van der Waals surface area contributed by atoms with E-state index in [2.05, 4.69) is 29.5 Å². The van der Waals surface area contributed by atoms with E-state index in [1.54, 1.807) is 37.6 Å². The molecule has 2 heterocycles. The number of methoxy groups -OCH3 is 1. The molecule has 0 aliphatic heterocycles. The smallest absolute Gasteiger partial charge is 0.412 e. The van der Waals surface area contributed by atoms with Crippen molar-refractivity contribution in [1.29, 1.82) is 5.26 Å². The molecule has 0 saturated heterocycles. The van der Waals surface area contributed by atoms with E-state index in [0.717, 1.165) is 16.8 Å². The highest BCUT2D eigenvalue weighted by Gasteiger charge is 2.27. The van der Waals surface area contributed by atoms with Gasteiger partial charge in [-0.25, -0.2) is 4.79 Å². The van der Waals surface area contributed by atoms with Crippen LogP contribution in [-0.4, -0.2) is 28.2 Å². The number of aromatic nitrogens is 2. The number of amides is 1. The maximum Gasteiger partial charge on any atom is 0.412 e. The fourth-order valence-electron chi connectivity index (χ4n) is 3.16. The number of anilines is 1. The SMILES string of the molecule is C=C(OC)/C(C)=C(\C(=C)C)c1c(NC(=O)OC(C)(C)C)c(C#N)n2cc(C)ncc12. The van der Waals surface area contributed by atoms with E-state index in [0.29, 0.717) is 28.1 Å². The Morgan fingerprint density at radius 2 is 1.93 bits per heavy atom. The van der Waals surface area contributed by atoms with Crippen LogP contribution >= 0.6 is 0 Å². The predicted molar refractivity (Wildman–Crippen MR) is 118 cm³/mol. The molecule has 0 aromatic carbocycles. The summed E-state index contributed by atoms with van der Waals surface area (Å²) in [4.78, 5) is 17.0. The molecule has 0 fully saturated rings. The number of nitrogens with one attached hydrogen (secondary N) is 1. The summed E-state index contributed by atoms with van der Waals surface area (Å²) in [5.41, 5.74) is 4.01. The lowest BCUT2D eigenvalue weighted by Crippen LogP contribution is -2.27. The number of rotatable bonds is 5. The van der Waals surface area contributed by atoms with Crippen molar-refractivity contribution < 1.29 is 14.3 Å². The van der Waals surface area contributed by atoms with Crippen LogP contribution in [0.3, 0.4) is 0 Å². The second kappa shape index (κ2) is 8.46. The zero-order valence-corrected chi connectivity index (χ0v) is 18.6. The fraction of sp³-hybridized carbons (Fsp3) is 0.348. The van der Waals surface area contributed by atoms with Crippen molar-refractivity contribution in [2.24, 2.45) is 0 Å². The molecule has 0 aliphatic carbocycles. The van der Waals surface area contributed by atoms with Gasteiger partial charge in [-0.05, 0) is 58.3 Å². The first-order valence-corrected chi connectivity index (χ1v) is 9.42. The van der Waals surface area contributed by atoms with Crippen molar-refractivity contribution in [1.82, 2.24) is 9.38 Å². The highest BCUT2D eigenvalue weighted by molar-refractivity contribution is 6.02. The summed E-state index contributed by atoms with van der Waals surface area (Å²) >= 11 is 0. The highest BCUT2D eigenvalue weighted by atomic mass is 16.6. The number of fused-ring (bicyclic) bond motifs is 1. The Hall–Kier alpha value is -3.53. The van der Waals surface area contributed by atoms with Crippen LogP contribution in [0.5, 0.6) is 0 Å². The average Bonchev–Trinajstić information content (AvgIpc) is 2.91. The number of aryl methyl sites for hydroxylation is 1. The molecule has 2 rings (SSSR count). The predicted octanol–water partition coefficient (Wildman–Crippen LogP) is 5.37. The molecule has 0 unspecified atom stereocenters. The first-order chi connectivity index (χ1) is 13.9. The zero-order chi connectivity index (χ0) is 22.8. The molecule has 7 nitrogen and oxygen atoms in total. The van der Waals surface area contributed by atoms with Crippen molar-refractivity contribution in [2.75, 3.05) is 12.4 Å². The number of allylic oxidation sites excluding steroid dienone is 3. The van der Waals surface area contributed by atoms with Crippen molar-refractivity contribution in [2.45, 2.75) is 47.1 Å². The van der Waals surface area contributed by atoms with Crippen LogP contribution in [0.25, 0.3) is 11.1 Å². The van der Waals surface area contributed by atoms with Gasteiger partial charge in [0.25, 0.3) is 0 Å². The zero-order valence-electron chi connectivity index (χ0n) is 18.6. The molecule has 0 saturated carbocycles. The van der Waals surface area contributed by atoms with Crippen LogP contribution in [0, 0.1) is 18.3 Å². The molecular formula is C23H28N4O3. The molecule has 0 aliphatic rings. The number of carbonyl (C=O) groups is 1. The number of hydrogen-bond acceptors (Lipinski definition) is 5. The van der Waals surface area contributed by atoms with Crippen molar-refractivity contribution in [3.05, 3.63) is 59.4 Å². The van der Waals surface area contributed by atoms with Crippen molar-refractivity contribution >= 4 is 22.9 Å². The molecule has 30 heavy (non-hydrogen) atoms. The highest BCUT2D eigenvalue weighted by Crippen LogP contribution is 2.40. The van der Waals surface area contributed by atoms with Crippen LogP contribution in [-0.2, 0) is 9.47 Å². The summed E-state index contributed by atoms with van der Waals surface area (Å²) in [5, 5.41) is 12.7. The van der Waals surface area contributed by atoms with Gasteiger partial charge in [0.05, 0.1) is 30.2 Å². The normalized spacial score (nSPS) is 12.1. The summed E-state index contributed by atoms with van der Waals surface area (Å²) in [5.74, 6) is 0.453. The van der Waals surface area contributed by atoms with Crippen LogP contribution in [0.15, 0.2) is 42.5 Å². The minimum Gasteiger partial charge on any atom is -0.497 e. The Morgan fingerprint density at radius 3 is 2.43 bits per heavy atom. The van der Waals surface area contributed by atoms with E-state index in [-0.39, 0.29) is 5.69 Å². The summed E-state index contributed by atoms with van der Waals surface area (Å²) in [6, 6.07) is 2.19. The molecule has 2 aromatic rings. The van der Waals surface area contributed by atoms with E-state index in [1.807, 2.05) is 20.8 Å². The van der Waals surface area contributed by atoms with Crippen molar-refractivity contribution in [3.63, 3.8) is 0 Å². The average molecular weight is 409 g/mol. The maximum atomic E-state index is 12.6. The van der Waals surface area contributed by atoms with Gasteiger partial charge in [-0.2, -0.15) is 5.26 Å². The number of ether oxygens (including phenoxy) is 2. The van der Waals surface area contributed by atoms with Gasteiger partial charge in [0.15, 0.2) is 0 Å². The first kappa shape index (κ1) is 22.8. The van der Waals surface area contributed by atoms with E-state index >= 15 is 0 Å². The summed E-state index contributed by atoms with van der Waals surface area (Å²) in [7, 11) is 1.53. The van der Waals surface area contributed by atoms with Crippen molar-refractivity contribution in [3.8, 4) is 6.07 Å². The molecule has 7 heteroatoms. The monoisotopic (exact) mass is 408 g/mol. The quantitative estimate of drug-likeness (QED) is 0.531. The third-order valence-electron chi connectivity index (χ3n) is 4.40. The Bertz CT molecular complexity index is 1110. The molecule has 1 amide bonds. The molecule has 1 N–H and O–H groups in total. The Morgan fingerprint density at radius 1 is 1.30 bits per heavy atom. The third kappa shape index (κ3) is 4.54. The van der Waals surface area contributed by atoms with Crippen LogP contribution in [0.4, 0.5) is 10.5 Å². The minimum atomic E-state index is -0.693. The Labute approximate surface area is 177 Å². The fourth-order valence-corrected chi connectivity index (χ4v) is 3.16. The summed E-state index contributed by atoms with van der Waals surface area (Å²) < 4.78 is 12.4. The number of hydrogen-bond donors (Lipinski definition) is 1.